The number of ether oxygens (including phenoxy) is 5. The van der Waals surface area contributed by atoms with E-state index in [0.29, 0.717) is 33.0 Å². The summed E-state index contributed by atoms with van der Waals surface area (Å²) < 4.78 is 37.7. The van der Waals surface area contributed by atoms with Gasteiger partial charge in [0.05, 0.1) is 33.0 Å². The van der Waals surface area contributed by atoms with Crippen LogP contribution in [0.15, 0.2) is 0 Å². The van der Waals surface area contributed by atoms with Crippen molar-refractivity contribution in [1.82, 2.24) is 0 Å². The molecule has 554 valence electrons. The van der Waals surface area contributed by atoms with Crippen LogP contribution in [-0.4, -0.2) is 44.8 Å². The molecule has 0 aliphatic carbocycles. The van der Waals surface area contributed by atoms with Gasteiger partial charge in [-0.05, 0) is 38.5 Å². The second kappa shape index (κ2) is 79.8. The second-order valence-corrected chi connectivity index (χ2v) is 30.0. The Morgan fingerprint density at radius 1 is 0.130 bits per heavy atom. The average Bonchev–Trinajstić information content (AvgIpc) is 0.780. The standard InChI is InChI=1S/C87H176O5/c1-7-13-19-25-31-37-43-47-50-55-61-67-73-79-85-92-87(90-83-77-71-65-59-53-46-40-34-28-22-16-10-4,91-84-78-72-66-60-54-49-45-39-33-27-21-15-9-3)86(88-81-75-69-63-57-42-36-30-24-18-12-6,89-82-76-70-64-58-52-41-35-29-23-17-11-5)80-74-68-62-56-51-48-44-38-32-26-20-14-8-2/h7-85H2,1-6H3. The molecule has 2 atom stereocenters. The molecule has 92 heavy (non-hydrogen) atoms. The lowest BCUT2D eigenvalue weighted by atomic mass is 10.0. The van der Waals surface area contributed by atoms with E-state index in [-0.39, 0.29) is 0 Å². The molecule has 0 aromatic rings. The van der Waals surface area contributed by atoms with Crippen LogP contribution in [0.1, 0.15) is 517 Å². The Bertz CT molecular complexity index is 1290. The number of hydrogen-bond donors (Lipinski definition) is 0. The van der Waals surface area contributed by atoms with Crippen molar-refractivity contribution in [3.8, 4) is 0 Å². The zero-order valence-corrected chi connectivity index (χ0v) is 64.9. The molecular formula is C87H176O5. The summed E-state index contributed by atoms with van der Waals surface area (Å²) in [7, 11) is 0. The highest BCUT2D eigenvalue weighted by molar-refractivity contribution is 4.85. The molecule has 0 heterocycles. The summed E-state index contributed by atoms with van der Waals surface area (Å²) in [5.74, 6) is -2.52. The predicted octanol–water partition coefficient (Wildman–Crippen LogP) is 31.4. The summed E-state index contributed by atoms with van der Waals surface area (Å²) in [6, 6.07) is 0. The molecule has 5 heteroatoms. The maximum Gasteiger partial charge on any atom is 0.340 e. The Morgan fingerprint density at radius 3 is 0.402 bits per heavy atom. The van der Waals surface area contributed by atoms with Crippen LogP contribution in [0, 0.1) is 0 Å². The largest absolute Gasteiger partial charge is 0.343 e. The maximum absolute atomic E-state index is 7.59. The first-order valence-electron chi connectivity index (χ1n) is 43.8. The summed E-state index contributed by atoms with van der Waals surface area (Å²) in [5.41, 5.74) is 0. The van der Waals surface area contributed by atoms with Gasteiger partial charge < -0.3 is 23.7 Å². The van der Waals surface area contributed by atoms with E-state index in [0.717, 1.165) is 44.9 Å². The van der Waals surface area contributed by atoms with Crippen molar-refractivity contribution in [3.63, 3.8) is 0 Å². The summed E-state index contributed by atoms with van der Waals surface area (Å²) in [6.07, 6.45) is 98.2. The van der Waals surface area contributed by atoms with Crippen molar-refractivity contribution < 1.29 is 23.7 Å². The molecule has 0 rings (SSSR count). The van der Waals surface area contributed by atoms with Crippen LogP contribution in [0.2, 0.25) is 0 Å². The molecule has 0 radical (unpaired) electrons. The lowest BCUT2D eigenvalue weighted by molar-refractivity contribution is -0.500. The molecule has 0 N–H and O–H groups in total. The van der Waals surface area contributed by atoms with Gasteiger partial charge in [0.2, 0.25) is 0 Å². The quantitative estimate of drug-likeness (QED) is 0.0449. The Kier molecular flexibility index (Phi) is 79.6. The van der Waals surface area contributed by atoms with E-state index in [2.05, 4.69) is 41.5 Å². The Morgan fingerprint density at radius 2 is 0.250 bits per heavy atom. The third-order valence-corrected chi connectivity index (χ3v) is 20.6. The average molecular weight is 1300 g/mol. The van der Waals surface area contributed by atoms with Crippen molar-refractivity contribution in [2.75, 3.05) is 33.0 Å². The fourth-order valence-electron chi connectivity index (χ4n) is 14.2. The summed E-state index contributed by atoms with van der Waals surface area (Å²) in [6.45, 7) is 17.2. The first-order valence-corrected chi connectivity index (χ1v) is 43.8. The third kappa shape index (κ3) is 64.5. The van der Waals surface area contributed by atoms with Gasteiger partial charge in [-0.25, -0.2) is 0 Å². The Balaban J connectivity index is 6.84. The molecule has 0 aromatic heterocycles. The van der Waals surface area contributed by atoms with Crippen molar-refractivity contribution in [1.29, 1.82) is 0 Å². The van der Waals surface area contributed by atoms with Gasteiger partial charge in [-0.1, -0.05) is 472 Å². The Hall–Kier alpha value is -0.200. The van der Waals surface area contributed by atoms with Gasteiger partial charge in [-0.2, -0.15) is 0 Å². The SMILES string of the molecule is CCCCCCCCCCCCCCCCOC(OCCCCCCCCCCCCCC)(OCCCCCCCCCCCCCCC)C(CCCCCCCCCCCCCCC)(OCCCCCCCCCCCC)OCCCCCCCCCCCCC. The summed E-state index contributed by atoms with van der Waals surface area (Å²) in [4.78, 5) is 0. The van der Waals surface area contributed by atoms with Gasteiger partial charge in [0.25, 0.3) is 5.79 Å². The van der Waals surface area contributed by atoms with E-state index in [4.69, 9.17) is 23.7 Å². The van der Waals surface area contributed by atoms with Crippen LogP contribution in [-0.2, 0) is 23.7 Å². The minimum atomic E-state index is -1.40. The highest BCUT2D eigenvalue weighted by Crippen LogP contribution is 2.41. The van der Waals surface area contributed by atoms with Gasteiger partial charge in [0, 0.05) is 6.42 Å². The molecule has 0 spiro atoms. The number of rotatable bonds is 85. The monoisotopic (exact) mass is 1300 g/mol. The molecule has 0 aliphatic rings. The molecular weight excluding hydrogens is 1120 g/mol. The minimum absolute atomic E-state index is 0.624. The molecule has 5 nitrogen and oxygen atoms in total. The first-order chi connectivity index (χ1) is 45.6. The molecule has 0 aromatic carbocycles. The maximum atomic E-state index is 7.59. The van der Waals surface area contributed by atoms with Gasteiger partial charge in [-0.3, -0.25) is 0 Å². The van der Waals surface area contributed by atoms with E-state index >= 15 is 0 Å². The summed E-state index contributed by atoms with van der Waals surface area (Å²) >= 11 is 0. The van der Waals surface area contributed by atoms with Gasteiger partial charge >= 0.3 is 5.97 Å². The number of unbranched alkanes of at least 4 members (excludes halogenated alkanes) is 67. The Labute approximate surface area is 582 Å². The fourth-order valence-corrected chi connectivity index (χ4v) is 14.2. The molecule has 0 fully saturated rings. The normalized spacial score (nSPS) is 13.2. The number of hydrogen-bond acceptors (Lipinski definition) is 5. The van der Waals surface area contributed by atoms with Crippen LogP contribution < -0.4 is 0 Å². The first kappa shape index (κ1) is 91.8. The zero-order valence-electron chi connectivity index (χ0n) is 64.9. The highest BCUT2D eigenvalue weighted by atomic mass is 16.9. The predicted molar refractivity (Wildman–Crippen MR) is 411 cm³/mol. The van der Waals surface area contributed by atoms with Crippen molar-refractivity contribution in [2.24, 2.45) is 0 Å². The van der Waals surface area contributed by atoms with Crippen LogP contribution in [0.3, 0.4) is 0 Å². The zero-order chi connectivity index (χ0) is 66.4. The van der Waals surface area contributed by atoms with Crippen molar-refractivity contribution in [3.05, 3.63) is 0 Å². The molecule has 0 saturated carbocycles. The van der Waals surface area contributed by atoms with Gasteiger partial charge in [0.1, 0.15) is 0 Å². The molecule has 0 amide bonds. The molecule has 0 saturated heterocycles. The van der Waals surface area contributed by atoms with Crippen molar-refractivity contribution >= 4 is 0 Å². The van der Waals surface area contributed by atoms with Gasteiger partial charge in [-0.15, -0.1) is 0 Å². The smallest absolute Gasteiger partial charge is 0.340 e. The van der Waals surface area contributed by atoms with E-state index < -0.39 is 11.8 Å². The minimum Gasteiger partial charge on any atom is -0.343 e. The van der Waals surface area contributed by atoms with Crippen LogP contribution in [0.4, 0.5) is 0 Å². The molecule has 0 aliphatic heterocycles. The van der Waals surface area contributed by atoms with Crippen molar-refractivity contribution in [2.45, 2.75) is 528 Å². The lowest BCUT2D eigenvalue weighted by Gasteiger charge is -2.48. The third-order valence-electron chi connectivity index (χ3n) is 20.6. The lowest BCUT2D eigenvalue weighted by Crippen LogP contribution is -2.63. The van der Waals surface area contributed by atoms with Crippen LogP contribution in [0.25, 0.3) is 0 Å². The van der Waals surface area contributed by atoms with E-state index in [1.165, 1.54) is 430 Å². The van der Waals surface area contributed by atoms with E-state index in [1.54, 1.807) is 0 Å². The van der Waals surface area contributed by atoms with Crippen LogP contribution >= 0.6 is 0 Å². The van der Waals surface area contributed by atoms with Gasteiger partial charge in [0.15, 0.2) is 0 Å². The van der Waals surface area contributed by atoms with Crippen LogP contribution in [0.5, 0.6) is 0 Å². The van der Waals surface area contributed by atoms with E-state index in [9.17, 15) is 0 Å². The molecule has 0 bridgehead atoms. The summed E-state index contributed by atoms with van der Waals surface area (Å²) in [5, 5.41) is 0. The van der Waals surface area contributed by atoms with E-state index in [1.807, 2.05) is 0 Å². The highest BCUT2D eigenvalue weighted by Gasteiger charge is 2.58. The molecule has 2 unspecified atom stereocenters. The second-order valence-electron chi connectivity index (χ2n) is 30.0. The topological polar surface area (TPSA) is 46.2 Å². The fraction of sp³-hybridized carbons (Fsp3) is 1.00.